The molecule has 2 aromatic carbocycles. The molecule has 0 radical (unpaired) electrons. The van der Waals surface area contributed by atoms with Crippen LogP contribution in [0.15, 0.2) is 48.5 Å². The molecule has 0 saturated carbocycles. The number of para-hydroxylation sites is 1. The van der Waals surface area contributed by atoms with Crippen LogP contribution in [0.5, 0.6) is 5.75 Å². The van der Waals surface area contributed by atoms with Gasteiger partial charge in [-0.1, -0.05) is 56.6 Å². The second-order valence-corrected chi connectivity index (χ2v) is 5.10. The number of hydrogen-bond donors (Lipinski definition) is 1. The number of phenols is 1. The standard InChI is InChI=1S/C14H15NOP.ClH.Ti/c1-15-10-11-6-2-4-8-13(11)17-14-9-5-3-7-12(14)16;;/h2-9,16-17H,10H2,1H3;1H;/q-1;;+2/p-1. The average Bonchev–Trinajstić information content (AvgIpc) is 2.46. The Labute approximate surface area is 131 Å². The van der Waals surface area contributed by atoms with Crippen molar-refractivity contribution in [1.29, 1.82) is 0 Å². The van der Waals surface area contributed by atoms with Crippen LogP contribution in [0.4, 0.5) is 0 Å². The van der Waals surface area contributed by atoms with Crippen LogP contribution in [0.3, 0.4) is 0 Å². The third kappa shape index (κ3) is 5.26. The number of hydrogen-bond acceptors (Lipinski definition) is 1. The van der Waals surface area contributed by atoms with E-state index >= 15 is 0 Å². The van der Waals surface area contributed by atoms with Gasteiger partial charge in [0.2, 0.25) is 0 Å². The number of benzene rings is 2. The predicted octanol–water partition coefficient (Wildman–Crippen LogP) is 3.21. The first-order valence-corrected chi connectivity index (χ1v) is 8.83. The minimum absolute atomic E-state index is 0.370. The van der Waals surface area contributed by atoms with Gasteiger partial charge in [-0.2, -0.15) is 7.05 Å². The van der Waals surface area contributed by atoms with Crippen LogP contribution in [0.1, 0.15) is 5.56 Å². The second-order valence-electron chi connectivity index (χ2n) is 3.77. The van der Waals surface area contributed by atoms with E-state index in [9.17, 15) is 5.11 Å². The molecule has 1 N–H and O–H groups in total. The van der Waals surface area contributed by atoms with Crippen molar-refractivity contribution >= 4 is 28.5 Å². The monoisotopic (exact) mass is 327 g/mol. The van der Waals surface area contributed by atoms with Crippen molar-refractivity contribution in [2.75, 3.05) is 7.05 Å². The van der Waals surface area contributed by atoms with Crippen molar-refractivity contribution in [3.8, 4) is 5.75 Å². The SMILES string of the molecule is C[N-]Cc1ccccc1Pc1ccccc1O.[Cl][Ti+]. The average molecular weight is 328 g/mol. The van der Waals surface area contributed by atoms with Gasteiger partial charge in [-0.05, 0) is 11.4 Å². The number of aromatic hydroxyl groups is 1. The summed E-state index contributed by atoms with van der Waals surface area (Å²) in [7, 11) is 6.93. The van der Waals surface area contributed by atoms with Crippen molar-refractivity contribution in [3.05, 3.63) is 59.4 Å². The molecule has 1 atom stereocenters. The molecule has 0 amide bonds. The van der Waals surface area contributed by atoms with Gasteiger partial charge in [-0.15, -0.1) is 6.54 Å². The fourth-order valence-corrected chi connectivity index (χ4v) is 2.86. The summed E-state index contributed by atoms with van der Waals surface area (Å²) in [6.45, 7) is 0.733. The third-order valence-electron chi connectivity index (χ3n) is 2.52. The maximum atomic E-state index is 9.78. The van der Waals surface area contributed by atoms with Gasteiger partial charge in [-0.25, -0.2) is 0 Å². The van der Waals surface area contributed by atoms with Crippen LogP contribution in [0.2, 0.25) is 0 Å². The zero-order valence-electron chi connectivity index (χ0n) is 10.6. The Morgan fingerprint density at radius 2 is 1.63 bits per heavy atom. The molecule has 0 aliphatic rings. The van der Waals surface area contributed by atoms with Crippen molar-refractivity contribution in [1.82, 2.24) is 0 Å². The van der Waals surface area contributed by atoms with Crippen LogP contribution >= 0.6 is 17.9 Å². The summed E-state index contributed by atoms with van der Waals surface area (Å²) in [5.41, 5.74) is 1.23. The number of halogens is 1. The Morgan fingerprint density at radius 1 is 1.05 bits per heavy atom. The summed E-state index contributed by atoms with van der Waals surface area (Å²) < 4.78 is 0. The molecule has 5 heteroatoms. The second kappa shape index (κ2) is 9.52. The zero-order valence-corrected chi connectivity index (χ0v) is 13.9. The Morgan fingerprint density at radius 3 is 2.26 bits per heavy atom. The number of nitrogens with zero attached hydrogens (tertiary/aromatic N) is 1. The molecule has 0 fully saturated rings. The Balaban J connectivity index is 0.000000861. The van der Waals surface area contributed by atoms with Crippen LogP contribution in [-0.4, -0.2) is 12.2 Å². The first kappa shape index (κ1) is 16.7. The molecule has 0 aromatic heterocycles. The maximum absolute atomic E-state index is 9.78. The van der Waals surface area contributed by atoms with Gasteiger partial charge >= 0.3 is 28.7 Å². The van der Waals surface area contributed by atoms with Gasteiger partial charge in [0.15, 0.2) is 0 Å². The summed E-state index contributed by atoms with van der Waals surface area (Å²) in [5, 5.41) is 16.2. The van der Waals surface area contributed by atoms with Crippen molar-refractivity contribution in [3.63, 3.8) is 0 Å². The van der Waals surface area contributed by atoms with Crippen molar-refractivity contribution < 1.29 is 24.5 Å². The van der Waals surface area contributed by atoms with E-state index in [0.717, 1.165) is 11.8 Å². The van der Waals surface area contributed by atoms with Gasteiger partial charge in [0.05, 0.1) is 0 Å². The molecule has 2 nitrogen and oxygen atoms in total. The fraction of sp³-hybridized carbons (Fsp3) is 0.143. The summed E-state index contributed by atoms with van der Waals surface area (Å²) >= 11 is 1.47. The molecule has 0 spiro atoms. The van der Waals surface area contributed by atoms with E-state index in [0.29, 0.717) is 14.3 Å². The summed E-state index contributed by atoms with van der Waals surface area (Å²) in [6, 6.07) is 15.7. The molecule has 0 bridgehead atoms. The van der Waals surface area contributed by atoms with Crippen LogP contribution in [-0.2, 0) is 25.9 Å². The third-order valence-corrected chi connectivity index (χ3v) is 3.97. The normalized spacial score (nSPS) is 10.2. The molecule has 1 unspecified atom stereocenters. The molecular formula is C14H15ClNOPTi. The van der Waals surface area contributed by atoms with E-state index in [1.54, 1.807) is 6.07 Å². The van der Waals surface area contributed by atoms with E-state index in [2.05, 4.69) is 26.8 Å². The van der Waals surface area contributed by atoms with Gasteiger partial charge in [0.1, 0.15) is 5.75 Å². The van der Waals surface area contributed by atoms with E-state index in [4.69, 9.17) is 0 Å². The first-order valence-electron chi connectivity index (χ1n) is 5.68. The van der Waals surface area contributed by atoms with Crippen LogP contribution in [0.25, 0.3) is 5.32 Å². The van der Waals surface area contributed by atoms with Gasteiger partial charge in [-0.3, -0.25) is 0 Å². The number of phenolic OH excluding ortho intramolecular Hbond substituents is 1. The summed E-state index contributed by atoms with van der Waals surface area (Å²) in [4.78, 5) is 0. The van der Waals surface area contributed by atoms with Gasteiger partial charge in [0.25, 0.3) is 0 Å². The van der Waals surface area contributed by atoms with Crippen molar-refractivity contribution in [2.45, 2.75) is 6.54 Å². The first-order chi connectivity index (χ1) is 9.31. The van der Waals surface area contributed by atoms with E-state index in [1.165, 1.54) is 30.2 Å². The predicted molar refractivity (Wildman–Crippen MR) is 81.0 cm³/mol. The zero-order chi connectivity index (χ0) is 14.1. The molecule has 0 aliphatic heterocycles. The Bertz CT molecular complexity index is 510. The molecular weight excluding hydrogens is 312 g/mol. The topological polar surface area (TPSA) is 34.3 Å². The molecule has 98 valence electrons. The molecule has 2 aromatic rings. The van der Waals surface area contributed by atoms with Crippen LogP contribution < -0.4 is 10.6 Å². The number of rotatable bonds is 4. The molecule has 2 rings (SSSR count). The van der Waals surface area contributed by atoms with Crippen molar-refractivity contribution in [2.24, 2.45) is 0 Å². The molecule has 0 aliphatic carbocycles. The fourth-order valence-electron chi connectivity index (χ4n) is 1.67. The van der Waals surface area contributed by atoms with Crippen LogP contribution in [0, 0.1) is 0 Å². The molecule has 19 heavy (non-hydrogen) atoms. The van der Waals surface area contributed by atoms with E-state index < -0.39 is 0 Å². The van der Waals surface area contributed by atoms with E-state index in [-0.39, 0.29) is 0 Å². The minimum atomic E-state index is 0.370. The van der Waals surface area contributed by atoms with Gasteiger partial charge < -0.3 is 10.4 Å². The van der Waals surface area contributed by atoms with E-state index in [1.807, 2.05) is 37.4 Å². The van der Waals surface area contributed by atoms with Gasteiger partial charge in [0, 0.05) is 5.30 Å². The quantitative estimate of drug-likeness (QED) is 0.679. The summed E-state index contributed by atoms with van der Waals surface area (Å²) in [5.74, 6) is 0.370. The summed E-state index contributed by atoms with van der Waals surface area (Å²) in [6.07, 6.45) is 0. The Hall–Kier alpha value is -0.366. The molecule has 0 saturated heterocycles. The molecule has 0 heterocycles. The Kier molecular flexibility index (Phi) is 8.37.